The van der Waals surface area contributed by atoms with E-state index in [1.807, 2.05) is 30.3 Å². The number of carbonyl (C=O) groups excluding carboxylic acids is 1. The molecule has 1 aliphatic heterocycles. The lowest BCUT2D eigenvalue weighted by molar-refractivity contribution is -0.122. The Morgan fingerprint density at radius 2 is 2.30 bits per heavy atom. The molecule has 0 amide bonds. The monoisotopic (exact) mass is 387 g/mol. The van der Waals surface area contributed by atoms with Crippen LogP contribution in [0.25, 0.3) is 11.1 Å². The zero-order valence-electron chi connectivity index (χ0n) is 15.5. The number of aliphatic hydroxyl groups is 1. The Hall–Kier alpha value is -1.95. The van der Waals surface area contributed by atoms with Gasteiger partial charge in [-0.05, 0) is 50.1 Å². The molecule has 2 heterocycles. The Labute approximate surface area is 165 Å². The Morgan fingerprint density at radius 1 is 1.44 bits per heavy atom. The van der Waals surface area contributed by atoms with Gasteiger partial charge in [0, 0.05) is 48.6 Å². The second-order valence-electron chi connectivity index (χ2n) is 7.15. The summed E-state index contributed by atoms with van der Waals surface area (Å²) in [7, 11) is 0. The minimum absolute atomic E-state index is 0.0766. The number of aromatic nitrogens is 1. The molecule has 1 fully saturated rings. The molecule has 0 radical (unpaired) electrons. The number of Topliss-reactive ketones (excluding diaryl/α,β-unsaturated/α-hetero) is 1. The number of hydrogen-bond donors (Lipinski definition) is 3. The topological polar surface area (TPSA) is 74.2 Å². The Balaban J connectivity index is 1.77. The van der Waals surface area contributed by atoms with Crippen LogP contribution in [0.5, 0.6) is 0 Å². The second kappa shape index (κ2) is 9.31. The summed E-state index contributed by atoms with van der Waals surface area (Å²) in [5.41, 5.74) is 3.46. The molecule has 0 unspecified atom stereocenters. The standard InChI is InChI=1S/C21H26ClN3O2/c1-14(26)11-24-17-6-2-4-15(8-17)19-9-18(25-13-20(19)22)10-21(27)16-5-3-7-23-12-16/h2,4,6,8-9,13-14,16,23-24,26H,3,5,7,10-12H2,1H3/t14-,16-/m1/s1. The van der Waals surface area contributed by atoms with E-state index in [2.05, 4.69) is 15.6 Å². The van der Waals surface area contributed by atoms with Gasteiger partial charge in [0.15, 0.2) is 0 Å². The van der Waals surface area contributed by atoms with Gasteiger partial charge in [-0.2, -0.15) is 0 Å². The van der Waals surface area contributed by atoms with Crippen molar-refractivity contribution < 1.29 is 9.90 Å². The summed E-state index contributed by atoms with van der Waals surface area (Å²) in [4.78, 5) is 16.9. The van der Waals surface area contributed by atoms with E-state index in [1.165, 1.54) is 0 Å². The molecular weight excluding hydrogens is 362 g/mol. The highest BCUT2D eigenvalue weighted by Crippen LogP contribution is 2.30. The molecule has 0 aliphatic carbocycles. The van der Waals surface area contributed by atoms with Crippen molar-refractivity contribution in [3.63, 3.8) is 0 Å². The summed E-state index contributed by atoms with van der Waals surface area (Å²) in [5.74, 6) is 0.308. The number of rotatable bonds is 7. The van der Waals surface area contributed by atoms with Crippen LogP contribution in [0, 0.1) is 5.92 Å². The molecule has 3 N–H and O–H groups in total. The Bertz CT molecular complexity index is 789. The number of anilines is 1. The van der Waals surface area contributed by atoms with E-state index in [1.54, 1.807) is 13.1 Å². The fraction of sp³-hybridized carbons (Fsp3) is 0.429. The van der Waals surface area contributed by atoms with Crippen molar-refractivity contribution in [3.05, 3.63) is 47.2 Å². The molecule has 27 heavy (non-hydrogen) atoms. The average Bonchev–Trinajstić information content (AvgIpc) is 2.68. The smallest absolute Gasteiger partial charge is 0.143 e. The van der Waals surface area contributed by atoms with Crippen LogP contribution in [0.2, 0.25) is 5.02 Å². The predicted octanol–water partition coefficient (Wildman–Crippen LogP) is 3.31. The first-order valence-corrected chi connectivity index (χ1v) is 9.81. The van der Waals surface area contributed by atoms with Crippen LogP contribution in [0.15, 0.2) is 36.5 Å². The van der Waals surface area contributed by atoms with Gasteiger partial charge in [-0.3, -0.25) is 9.78 Å². The van der Waals surface area contributed by atoms with Crippen LogP contribution >= 0.6 is 11.6 Å². The molecule has 1 aliphatic rings. The second-order valence-corrected chi connectivity index (χ2v) is 7.56. The molecule has 5 nitrogen and oxygen atoms in total. The van der Waals surface area contributed by atoms with Crippen LogP contribution in [-0.2, 0) is 11.2 Å². The van der Waals surface area contributed by atoms with Crippen LogP contribution < -0.4 is 10.6 Å². The molecule has 1 aromatic carbocycles. The lowest BCUT2D eigenvalue weighted by Crippen LogP contribution is -2.35. The fourth-order valence-electron chi connectivity index (χ4n) is 3.31. The molecular formula is C21H26ClN3O2. The highest BCUT2D eigenvalue weighted by molar-refractivity contribution is 6.33. The third-order valence-corrected chi connectivity index (χ3v) is 5.10. The normalized spacial score (nSPS) is 18.1. The Kier molecular flexibility index (Phi) is 6.83. The van der Waals surface area contributed by atoms with Gasteiger partial charge < -0.3 is 15.7 Å². The molecule has 1 aromatic heterocycles. The van der Waals surface area contributed by atoms with E-state index in [0.717, 1.165) is 48.4 Å². The predicted molar refractivity (Wildman–Crippen MR) is 109 cm³/mol. The van der Waals surface area contributed by atoms with Gasteiger partial charge >= 0.3 is 0 Å². The number of aliphatic hydroxyl groups excluding tert-OH is 1. The quantitative estimate of drug-likeness (QED) is 0.679. The van der Waals surface area contributed by atoms with Crippen molar-refractivity contribution in [2.24, 2.45) is 5.92 Å². The lowest BCUT2D eigenvalue weighted by atomic mass is 9.92. The Morgan fingerprint density at radius 3 is 3.04 bits per heavy atom. The van der Waals surface area contributed by atoms with Gasteiger partial charge in [-0.15, -0.1) is 0 Å². The molecule has 6 heteroatoms. The zero-order valence-corrected chi connectivity index (χ0v) is 16.3. The van der Waals surface area contributed by atoms with Crippen molar-refractivity contribution >= 4 is 23.1 Å². The van der Waals surface area contributed by atoms with Gasteiger partial charge in [-0.1, -0.05) is 23.7 Å². The summed E-state index contributed by atoms with van der Waals surface area (Å²) < 4.78 is 0. The van der Waals surface area contributed by atoms with Crippen molar-refractivity contribution in [1.82, 2.24) is 10.3 Å². The van der Waals surface area contributed by atoms with Crippen molar-refractivity contribution in [2.75, 3.05) is 25.0 Å². The van der Waals surface area contributed by atoms with E-state index < -0.39 is 6.10 Å². The summed E-state index contributed by atoms with van der Waals surface area (Å²) in [6, 6.07) is 9.76. The number of halogens is 1. The molecule has 0 bridgehead atoms. The first-order valence-electron chi connectivity index (χ1n) is 9.43. The highest BCUT2D eigenvalue weighted by atomic mass is 35.5. The number of nitrogens with one attached hydrogen (secondary N) is 2. The minimum atomic E-state index is -0.426. The fourth-order valence-corrected chi connectivity index (χ4v) is 3.52. The van der Waals surface area contributed by atoms with E-state index in [-0.39, 0.29) is 11.7 Å². The maximum Gasteiger partial charge on any atom is 0.143 e. The molecule has 144 valence electrons. The molecule has 1 saturated heterocycles. The van der Waals surface area contributed by atoms with E-state index in [0.29, 0.717) is 18.0 Å². The number of pyridine rings is 1. The van der Waals surface area contributed by atoms with E-state index in [4.69, 9.17) is 11.6 Å². The number of piperidine rings is 1. The maximum atomic E-state index is 12.6. The number of ketones is 1. The summed E-state index contributed by atoms with van der Waals surface area (Å²) >= 11 is 6.38. The third kappa shape index (κ3) is 5.51. The third-order valence-electron chi connectivity index (χ3n) is 4.79. The van der Waals surface area contributed by atoms with Crippen LogP contribution in [0.4, 0.5) is 5.69 Å². The van der Waals surface area contributed by atoms with Gasteiger partial charge in [-0.25, -0.2) is 0 Å². The lowest BCUT2D eigenvalue weighted by Gasteiger charge is -2.21. The van der Waals surface area contributed by atoms with Crippen molar-refractivity contribution in [3.8, 4) is 11.1 Å². The molecule has 2 atom stereocenters. The number of hydrogen-bond acceptors (Lipinski definition) is 5. The van der Waals surface area contributed by atoms with Crippen LogP contribution in [-0.4, -0.2) is 41.6 Å². The highest BCUT2D eigenvalue weighted by Gasteiger charge is 2.21. The first kappa shape index (κ1) is 19.8. The van der Waals surface area contributed by atoms with Gasteiger partial charge in [0.05, 0.1) is 11.1 Å². The number of carbonyl (C=O) groups is 1. The maximum absolute atomic E-state index is 12.6. The van der Waals surface area contributed by atoms with Crippen molar-refractivity contribution in [2.45, 2.75) is 32.3 Å². The minimum Gasteiger partial charge on any atom is -0.392 e. The first-order chi connectivity index (χ1) is 13.0. The number of benzene rings is 1. The van der Waals surface area contributed by atoms with E-state index in [9.17, 15) is 9.90 Å². The SMILES string of the molecule is C[C@@H](O)CNc1cccc(-c2cc(CC(=O)[C@@H]3CCCNC3)ncc2Cl)c1. The summed E-state index contributed by atoms with van der Waals surface area (Å²) in [5, 5.41) is 16.5. The average molecular weight is 388 g/mol. The molecule has 2 aromatic rings. The van der Waals surface area contributed by atoms with Gasteiger partial charge in [0.2, 0.25) is 0 Å². The van der Waals surface area contributed by atoms with Gasteiger partial charge in [0.25, 0.3) is 0 Å². The molecule has 0 spiro atoms. The molecule has 0 saturated carbocycles. The molecule has 3 rings (SSSR count). The zero-order chi connectivity index (χ0) is 19.2. The van der Waals surface area contributed by atoms with Gasteiger partial charge in [0.1, 0.15) is 5.78 Å². The summed E-state index contributed by atoms with van der Waals surface area (Å²) in [6.45, 7) is 3.97. The number of nitrogens with zero attached hydrogens (tertiary/aromatic N) is 1. The van der Waals surface area contributed by atoms with Crippen molar-refractivity contribution in [1.29, 1.82) is 0 Å². The summed E-state index contributed by atoms with van der Waals surface area (Å²) in [6.07, 6.45) is 3.51. The largest absolute Gasteiger partial charge is 0.392 e. The van der Waals surface area contributed by atoms with Crippen LogP contribution in [0.3, 0.4) is 0 Å². The van der Waals surface area contributed by atoms with E-state index >= 15 is 0 Å². The van der Waals surface area contributed by atoms with Crippen LogP contribution in [0.1, 0.15) is 25.5 Å².